The quantitative estimate of drug-likeness (QED) is 0.587. The molecule has 2 heterocycles. The molecule has 0 radical (unpaired) electrons. The van der Waals surface area contributed by atoms with Gasteiger partial charge in [-0.05, 0) is 49.1 Å². The number of likely N-dealkylation sites (tertiary alicyclic amines) is 1. The van der Waals surface area contributed by atoms with Crippen LogP contribution in [0.15, 0.2) is 72.9 Å². The molecule has 4 rings (SSSR count). The van der Waals surface area contributed by atoms with Crippen molar-refractivity contribution < 1.29 is 13.6 Å². The summed E-state index contributed by atoms with van der Waals surface area (Å²) in [5, 5.41) is 3.19. The molecule has 1 fully saturated rings. The van der Waals surface area contributed by atoms with Crippen molar-refractivity contribution in [1.29, 1.82) is 0 Å². The summed E-state index contributed by atoms with van der Waals surface area (Å²) in [7, 11) is 0. The first kappa shape index (κ1) is 22.1. The van der Waals surface area contributed by atoms with Gasteiger partial charge in [0.1, 0.15) is 0 Å². The third-order valence-corrected chi connectivity index (χ3v) is 5.97. The molecule has 0 spiro atoms. The minimum absolute atomic E-state index is 0.0554. The molecule has 0 bridgehead atoms. The highest BCUT2D eigenvalue weighted by molar-refractivity contribution is 5.79. The van der Waals surface area contributed by atoms with Crippen LogP contribution in [0.2, 0.25) is 0 Å². The van der Waals surface area contributed by atoms with Crippen LogP contribution in [-0.2, 0) is 17.8 Å². The summed E-state index contributed by atoms with van der Waals surface area (Å²) in [6.45, 7) is 1.81. The summed E-state index contributed by atoms with van der Waals surface area (Å²) < 4.78 is 27.8. The van der Waals surface area contributed by atoms with Gasteiger partial charge in [0, 0.05) is 24.8 Å². The molecule has 0 saturated carbocycles. The minimum Gasteiger partial charge on any atom is -0.347 e. The summed E-state index contributed by atoms with van der Waals surface area (Å²) in [6.07, 6.45) is 3.87. The van der Waals surface area contributed by atoms with Crippen molar-refractivity contribution in [1.82, 2.24) is 15.2 Å². The second kappa shape index (κ2) is 10.5. The number of amides is 1. The highest BCUT2D eigenvalue weighted by Crippen LogP contribution is 2.30. The van der Waals surface area contributed by atoms with Crippen molar-refractivity contribution >= 4 is 5.91 Å². The van der Waals surface area contributed by atoms with Crippen molar-refractivity contribution in [2.75, 3.05) is 13.1 Å². The van der Waals surface area contributed by atoms with Gasteiger partial charge in [-0.3, -0.25) is 14.7 Å². The molecule has 1 aliphatic rings. The van der Waals surface area contributed by atoms with Gasteiger partial charge < -0.3 is 5.32 Å². The number of halogens is 2. The van der Waals surface area contributed by atoms with Crippen LogP contribution in [0.25, 0.3) is 0 Å². The van der Waals surface area contributed by atoms with E-state index in [9.17, 15) is 13.6 Å². The Hall–Kier alpha value is -3.12. The Kier molecular flexibility index (Phi) is 7.22. The molecule has 2 atom stereocenters. The largest absolute Gasteiger partial charge is 0.347 e. The average molecular weight is 436 g/mol. The lowest BCUT2D eigenvalue weighted by molar-refractivity contribution is -0.121. The zero-order valence-electron chi connectivity index (χ0n) is 17.9. The predicted octanol–water partition coefficient (Wildman–Crippen LogP) is 4.67. The number of carbonyl (C=O) groups is 1. The van der Waals surface area contributed by atoms with Crippen LogP contribution in [0, 0.1) is 17.6 Å². The SMILES string of the molecule is O=C(Cc1ccccc1)NC(c1ccccn1)C1CCCN(Cc2cccc(F)c2F)C1. The Morgan fingerprint density at radius 2 is 1.88 bits per heavy atom. The highest BCUT2D eigenvalue weighted by atomic mass is 19.2. The summed E-state index contributed by atoms with van der Waals surface area (Å²) in [5.41, 5.74) is 2.13. The molecule has 3 aromatic rings. The fraction of sp³-hybridized carbons (Fsp3) is 0.308. The van der Waals surface area contributed by atoms with E-state index in [4.69, 9.17) is 0 Å². The number of hydrogen-bond acceptors (Lipinski definition) is 3. The number of rotatable bonds is 7. The lowest BCUT2D eigenvalue weighted by Crippen LogP contribution is -2.43. The van der Waals surface area contributed by atoms with Gasteiger partial charge in [0.15, 0.2) is 11.6 Å². The van der Waals surface area contributed by atoms with Gasteiger partial charge in [0.2, 0.25) is 5.91 Å². The Bertz CT molecular complexity index is 1030. The Morgan fingerprint density at radius 3 is 2.66 bits per heavy atom. The Morgan fingerprint density at radius 1 is 1.06 bits per heavy atom. The number of piperidine rings is 1. The van der Waals surface area contributed by atoms with Crippen molar-refractivity contribution in [3.8, 4) is 0 Å². The van der Waals surface area contributed by atoms with E-state index in [1.807, 2.05) is 48.5 Å². The molecule has 32 heavy (non-hydrogen) atoms. The van der Waals surface area contributed by atoms with Gasteiger partial charge in [0.05, 0.1) is 18.2 Å². The maximum absolute atomic E-state index is 14.2. The number of nitrogens with one attached hydrogen (secondary N) is 1. The lowest BCUT2D eigenvalue weighted by atomic mass is 9.88. The van der Waals surface area contributed by atoms with E-state index in [0.29, 0.717) is 25.1 Å². The van der Waals surface area contributed by atoms with Crippen LogP contribution in [0.5, 0.6) is 0 Å². The molecule has 166 valence electrons. The standard InChI is InChI=1S/C26H27F2N3O/c27-22-12-6-10-20(25(22)28)17-31-15-7-11-21(18-31)26(23-13-4-5-14-29-23)30-24(32)16-19-8-2-1-3-9-19/h1-6,8-10,12-14,21,26H,7,11,15-18H2,(H,30,32). The molecule has 1 N–H and O–H groups in total. The molecule has 1 aromatic heterocycles. The van der Waals surface area contributed by atoms with Gasteiger partial charge in [-0.15, -0.1) is 0 Å². The maximum atomic E-state index is 14.2. The molecule has 1 aliphatic heterocycles. The summed E-state index contributed by atoms with van der Waals surface area (Å²) in [5.74, 6) is -1.54. The zero-order chi connectivity index (χ0) is 22.3. The maximum Gasteiger partial charge on any atom is 0.224 e. The van der Waals surface area contributed by atoms with E-state index < -0.39 is 11.6 Å². The number of carbonyl (C=O) groups excluding carboxylic acids is 1. The number of nitrogens with zero attached hydrogens (tertiary/aromatic N) is 2. The second-order valence-corrected chi connectivity index (χ2v) is 8.31. The van der Waals surface area contributed by atoms with Crippen LogP contribution in [-0.4, -0.2) is 28.9 Å². The van der Waals surface area contributed by atoms with Crippen molar-refractivity contribution in [2.24, 2.45) is 5.92 Å². The molecule has 2 unspecified atom stereocenters. The smallest absolute Gasteiger partial charge is 0.224 e. The zero-order valence-corrected chi connectivity index (χ0v) is 17.9. The third-order valence-electron chi connectivity index (χ3n) is 5.97. The first-order valence-electron chi connectivity index (χ1n) is 11.0. The normalized spacial score (nSPS) is 17.6. The molecule has 6 heteroatoms. The number of hydrogen-bond donors (Lipinski definition) is 1. The van der Waals surface area contributed by atoms with Gasteiger partial charge in [-0.25, -0.2) is 8.78 Å². The monoisotopic (exact) mass is 435 g/mol. The number of benzene rings is 2. The summed E-state index contributed by atoms with van der Waals surface area (Å²) in [6, 6.07) is 19.4. The molecule has 2 aromatic carbocycles. The van der Waals surface area contributed by atoms with E-state index in [2.05, 4.69) is 15.2 Å². The van der Waals surface area contributed by atoms with E-state index in [1.54, 1.807) is 12.3 Å². The Labute approximate surface area is 187 Å². The van der Waals surface area contributed by atoms with Gasteiger partial charge >= 0.3 is 0 Å². The minimum atomic E-state index is -0.824. The average Bonchev–Trinajstić information content (AvgIpc) is 2.82. The van der Waals surface area contributed by atoms with Gasteiger partial charge in [-0.1, -0.05) is 48.5 Å². The second-order valence-electron chi connectivity index (χ2n) is 8.31. The van der Waals surface area contributed by atoms with Gasteiger partial charge in [-0.2, -0.15) is 0 Å². The predicted molar refractivity (Wildman–Crippen MR) is 120 cm³/mol. The summed E-state index contributed by atoms with van der Waals surface area (Å²) >= 11 is 0. The number of pyridine rings is 1. The lowest BCUT2D eigenvalue weighted by Gasteiger charge is -2.37. The van der Waals surface area contributed by atoms with Crippen LogP contribution >= 0.6 is 0 Å². The van der Waals surface area contributed by atoms with Crippen LogP contribution in [0.1, 0.15) is 35.7 Å². The van der Waals surface area contributed by atoms with E-state index in [-0.39, 0.29) is 17.9 Å². The molecule has 1 saturated heterocycles. The van der Waals surface area contributed by atoms with Crippen molar-refractivity contribution in [2.45, 2.75) is 31.8 Å². The topological polar surface area (TPSA) is 45.2 Å². The first-order chi connectivity index (χ1) is 15.6. The van der Waals surface area contributed by atoms with Crippen molar-refractivity contribution in [3.63, 3.8) is 0 Å². The van der Waals surface area contributed by atoms with Crippen molar-refractivity contribution in [3.05, 3.63) is 101 Å². The summed E-state index contributed by atoms with van der Waals surface area (Å²) in [4.78, 5) is 19.5. The third kappa shape index (κ3) is 5.56. The van der Waals surface area contributed by atoms with E-state index in [1.165, 1.54) is 6.07 Å². The molecular formula is C26H27F2N3O. The van der Waals surface area contributed by atoms with Crippen LogP contribution in [0.3, 0.4) is 0 Å². The highest BCUT2D eigenvalue weighted by Gasteiger charge is 2.30. The molecule has 0 aliphatic carbocycles. The fourth-order valence-electron chi connectivity index (χ4n) is 4.42. The Balaban J connectivity index is 1.49. The van der Waals surface area contributed by atoms with Crippen LogP contribution < -0.4 is 5.32 Å². The van der Waals surface area contributed by atoms with Crippen LogP contribution in [0.4, 0.5) is 8.78 Å². The number of aromatic nitrogens is 1. The fourth-order valence-corrected chi connectivity index (χ4v) is 4.42. The molecule has 4 nitrogen and oxygen atoms in total. The first-order valence-corrected chi connectivity index (χ1v) is 11.0. The molecular weight excluding hydrogens is 408 g/mol. The van der Waals surface area contributed by atoms with E-state index >= 15 is 0 Å². The van der Waals surface area contributed by atoms with E-state index in [0.717, 1.165) is 36.7 Å². The molecule has 1 amide bonds. The van der Waals surface area contributed by atoms with Gasteiger partial charge in [0.25, 0.3) is 0 Å².